The fourth-order valence-electron chi connectivity index (χ4n) is 4.49. The van der Waals surface area contributed by atoms with E-state index in [4.69, 9.17) is 9.47 Å². The number of aryl methyl sites for hydroxylation is 1. The number of thioether (sulfide) groups is 1. The first kappa shape index (κ1) is 20.0. The first-order chi connectivity index (χ1) is 14.9. The van der Waals surface area contributed by atoms with Crippen LogP contribution in [0.5, 0.6) is 11.5 Å². The van der Waals surface area contributed by atoms with Crippen molar-refractivity contribution in [2.75, 3.05) is 31.3 Å². The number of carbonyl (C=O) groups is 3. The lowest BCUT2D eigenvalue weighted by atomic mass is 9.99. The van der Waals surface area contributed by atoms with E-state index in [2.05, 4.69) is 5.32 Å². The Bertz CT molecular complexity index is 1100. The predicted octanol–water partition coefficient (Wildman–Crippen LogP) is 2.48. The maximum atomic E-state index is 13.1. The minimum Gasteiger partial charge on any atom is -0.486 e. The van der Waals surface area contributed by atoms with Gasteiger partial charge < -0.3 is 19.4 Å². The first-order valence-electron chi connectivity index (χ1n) is 10.2. The van der Waals surface area contributed by atoms with Crippen molar-refractivity contribution in [2.45, 2.75) is 25.8 Å². The third-order valence-corrected chi connectivity index (χ3v) is 7.27. The van der Waals surface area contributed by atoms with Crippen molar-refractivity contribution in [1.82, 2.24) is 14.8 Å². The molecule has 1 aromatic heterocycles. The molecule has 3 amide bonds. The molecule has 1 aromatic carbocycles. The average molecular weight is 442 g/mol. The lowest BCUT2D eigenvalue weighted by Crippen LogP contribution is -2.47. The average Bonchev–Trinajstić information content (AvgIpc) is 3.41. The number of amides is 3. The lowest BCUT2D eigenvalue weighted by Gasteiger charge is -2.20. The molecule has 31 heavy (non-hydrogen) atoms. The molecule has 162 valence electrons. The van der Waals surface area contributed by atoms with E-state index in [9.17, 15) is 14.4 Å². The molecule has 8 nitrogen and oxygen atoms in total. The Hall–Kier alpha value is -2.94. The predicted molar refractivity (Wildman–Crippen MR) is 115 cm³/mol. The van der Waals surface area contributed by atoms with Crippen LogP contribution in [0.15, 0.2) is 24.3 Å². The van der Waals surface area contributed by atoms with Crippen molar-refractivity contribution in [3.8, 4) is 17.2 Å². The number of hydrogen-bond donors (Lipinski definition) is 1. The van der Waals surface area contributed by atoms with Crippen LogP contribution in [-0.4, -0.2) is 64.0 Å². The fourth-order valence-corrected chi connectivity index (χ4v) is 5.82. The molecule has 0 saturated carbocycles. The number of nitrogens with one attached hydrogen (secondary N) is 1. The van der Waals surface area contributed by atoms with Crippen LogP contribution in [0.4, 0.5) is 4.79 Å². The van der Waals surface area contributed by atoms with E-state index in [0.29, 0.717) is 42.4 Å². The van der Waals surface area contributed by atoms with Crippen molar-refractivity contribution in [3.05, 3.63) is 41.2 Å². The van der Waals surface area contributed by atoms with Crippen LogP contribution in [0.3, 0.4) is 0 Å². The van der Waals surface area contributed by atoms with E-state index in [1.54, 1.807) is 17.8 Å². The summed E-state index contributed by atoms with van der Waals surface area (Å²) >= 11 is 1.64. The number of fused-ring (bicyclic) bond motifs is 1. The van der Waals surface area contributed by atoms with Gasteiger partial charge in [-0.3, -0.25) is 14.5 Å². The van der Waals surface area contributed by atoms with E-state index in [1.165, 1.54) is 0 Å². The Kier molecular flexibility index (Phi) is 4.73. The highest BCUT2D eigenvalue weighted by Crippen LogP contribution is 2.35. The van der Waals surface area contributed by atoms with Gasteiger partial charge in [0, 0.05) is 34.5 Å². The van der Waals surface area contributed by atoms with Crippen molar-refractivity contribution in [2.24, 2.45) is 0 Å². The van der Waals surface area contributed by atoms with Crippen LogP contribution in [0.25, 0.3) is 5.69 Å². The monoisotopic (exact) mass is 441 g/mol. The van der Waals surface area contributed by atoms with Crippen LogP contribution in [0, 0.1) is 13.8 Å². The van der Waals surface area contributed by atoms with Crippen molar-refractivity contribution < 1.29 is 23.9 Å². The van der Waals surface area contributed by atoms with Gasteiger partial charge in [-0.2, -0.15) is 11.8 Å². The summed E-state index contributed by atoms with van der Waals surface area (Å²) in [5.41, 5.74) is 2.13. The fraction of sp³-hybridized carbons (Fsp3) is 0.409. The molecule has 1 unspecified atom stereocenters. The SMILES string of the molecule is Cc1cc(C(=O)CN2C(=O)NC3(CCSC3)C2=O)c(C)n1-c1ccc2c(c1)OCCO2. The van der Waals surface area contributed by atoms with Gasteiger partial charge in [0.1, 0.15) is 18.8 Å². The van der Waals surface area contributed by atoms with Gasteiger partial charge in [-0.05, 0) is 44.2 Å². The highest BCUT2D eigenvalue weighted by Gasteiger charge is 2.53. The molecule has 1 N–H and O–H groups in total. The van der Waals surface area contributed by atoms with Crippen LogP contribution in [0.2, 0.25) is 0 Å². The molecular formula is C22H23N3O5S. The quantitative estimate of drug-likeness (QED) is 0.579. The number of benzene rings is 1. The molecule has 2 fully saturated rings. The number of hydrogen-bond acceptors (Lipinski definition) is 6. The molecule has 0 bridgehead atoms. The number of imide groups is 1. The van der Waals surface area contributed by atoms with Crippen molar-refractivity contribution in [3.63, 3.8) is 0 Å². The zero-order valence-electron chi connectivity index (χ0n) is 17.4. The van der Waals surface area contributed by atoms with Crippen LogP contribution >= 0.6 is 11.8 Å². The van der Waals surface area contributed by atoms with E-state index >= 15 is 0 Å². The van der Waals surface area contributed by atoms with Crippen LogP contribution in [0.1, 0.15) is 28.2 Å². The number of Topliss-reactive ketones (excluding diaryl/α,β-unsaturated/α-hetero) is 1. The van der Waals surface area contributed by atoms with Gasteiger partial charge in [0.15, 0.2) is 17.3 Å². The molecule has 3 aliphatic heterocycles. The summed E-state index contributed by atoms with van der Waals surface area (Å²) in [5.74, 6) is 2.19. The van der Waals surface area contributed by atoms with E-state index in [1.807, 2.05) is 36.6 Å². The van der Waals surface area contributed by atoms with Gasteiger partial charge in [-0.15, -0.1) is 0 Å². The van der Waals surface area contributed by atoms with E-state index in [0.717, 1.165) is 27.7 Å². The maximum Gasteiger partial charge on any atom is 0.325 e. The molecule has 2 aromatic rings. The second-order valence-electron chi connectivity index (χ2n) is 8.08. The first-order valence-corrected chi connectivity index (χ1v) is 11.4. The zero-order chi connectivity index (χ0) is 21.8. The molecule has 1 atom stereocenters. The van der Waals surface area contributed by atoms with Gasteiger partial charge in [-0.25, -0.2) is 4.79 Å². The summed E-state index contributed by atoms with van der Waals surface area (Å²) in [6, 6.07) is 6.98. The molecule has 0 aliphatic carbocycles. The molecule has 5 rings (SSSR count). The lowest BCUT2D eigenvalue weighted by molar-refractivity contribution is -0.130. The molecule has 0 radical (unpaired) electrons. The summed E-state index contributed by atoms with van der Waals surface area (Å²) in [6.07, 6.45) is 0.603. The summed E-state index contributed by atoms with van der Waals surface area (Å²) in [6.45, 7) is 4.53. The Balaban J connectivity index is 1.41. The highest BCUT2D eigenvalue weighted by atomic mass is 32.2. The number of nitrogens with zero attached hydrogens (tertiary/aromatic N) is 2. The topological polar surface area (TPSA) is 89.9 Å². The number of ketones is 1. The van der Waals surface area contributed by atoms with Gasteiger partial charge in [0.05, 0.1) is 6.54 Å². The van der Waals surface area contributed by atoms with Gasteiger partial charge >= 0.3 is 6.03 Å². The molecule has 9 heteroatoms. The standard InChI is InChI=1S/C22H23N3O5S/c1-13-9-16(14(2)25(13)15-3-4-18-19(10-15)30-7-6-29-18)17(26)11-24-20(27)22(23-21(24)28)5-8-31-12-22/h3-4,9-10H,5-8,11-12H2,1-2H3,(H,23,28). The van der Waals surface area contributed by atoms with Crippen LogP contribution in [-0.2, 0) is 4.79 Å². The molecule has 3 aliphatic rings. The van der Waals surface area contributed by atoms with Gasteiger partial charge in [0.25, 0.3) is 5.91 Å². The highest BCUT2D eigenvalue weighted by molar-refractivity contribution is 7.99. The minimum absolute atomic E-state index is 0.261. The second kappa shape index (κ2) is 7.33. The largest absolute Gasteiger partial charge is 0.486 e. The van der Waals surface area contributed by atoms with Gasteiger partial charge in [0.2, 0.25) is 0 Å². The van der Waals surface area contributed by atoms with Crippen molar-refractivity contribution >= 4 is 29.5 Å². The Morgan fingerprint density at radius 2 is 1.94 bits per heavy atom. The molecule has 4 heterocycles. The number of urea groups is 1. The summed E-state index contributed by atoms with van der Waals surface area (Å²) < 4.78 is 13.2. The van der Waals surface area contributed by atoms with Crippen molar-refractivity contribution in [1.29, 1.82) is 0 Å². The number of aromatic nitrogens is 1. The van der Waals surface area contributed by atoms with Crippen LogP contribution < -0.4 is 14.8 Å². The summed E-state index contributed by atoms with van der Waals surface area (Å²) in [7, 11) is 0. The Morgan fingerprint density at radius 1 is 1.16 bits per heavy atom. The Morgan fingerprint density at radius 3 is 2.68 bits per heavy atom. The summed E-state index contributed by atoms with van der Waals surface area (Å²) in [5, 5.41) is 2.81. The smallest absolute Gasteiger partial charge is 0.325 e. The Labute approximate surface area is 183 Å². The minimum atomic E-state index is -0.843. The normalized spacial score (nSPS) is 22.3. The molecule has 2 saturated heterocycles. The second-order valence-corrected chi connectivity index (χ2v) is 9.18. The molecular weight excluding hydrogens is 418 g/mol. The van der Waals surface area contributed by atoms with E-state index in [-0.39, 0.29) is 18.2 Å². The van der Waals surface area contributed by atoms with Gasteiger partial charge in [-0.1, -0.05) is 0 Å². The zero-order valence-corrected chi connectivity index (χ0v) is 18.2. The molecule has 1 spiro atoms. The number of rotatable bonds is 4. The third-order valence-electron chi connectivity index (χ3n) is 6.08. The van der Waals surface area contributed by atoms with E-state index < -0.39 is 11.6 Å². The third kappa shape index (κ3) is 3.18. The number of ether oxygens (including phenoxy) is 2. The summed E-state index contributed by atoms with van der Waals surface area (Å²) in [4.78, 5) is 39.5. The maximum absolute atomic E-state index is 13.1. The number of carbonyl (C=O) groups excluding carboxylic acids is 3.